The van der Waals surface area contributed by atoms with E-state index < -0.39 is 17.5 Å². The maximum absolute atomic E-state index is 13.7. The van der Waals surface area contributed by atoms with Gasteiger partial charge in [0, 0.05) is 50.0 Å². The number of hydrogen-bond acceptors (Lipinski definition) is 7. The van der Waals surface area contributed by atoms with Gasteiger partial charge in [-0.25, -0.2) is 0 Å². The first-order valence-electron chi connectivity index (χ1n) is 13.0. The number of thioether (sulfide) groups is 1. The fourth-order valence-corrected chi connectivity index (χ4v) is 6.49. The molecule has 3 heterocycles. The molecule has 3 aliphatic heterocycles. The second-order valence-corrected chi connectivity index (χ2v) is 12.6. The number of ketones is 1. The van der Waals surface area contributed by atoms with Gasteiger partial charge in [-0.05, 0) is 48.8 Å². The fourth-order valence-electron chi connectivity index (χ4n) is 5.68. The van der Waals surface area contributed by atoms with Crippen molar-refractivity contribution in [2.45, 2.75) is 63.1 Å². The van der Waals surface area contributed by atoms with Crippen LogP contribution in [0, 0.1) is 5.41 Å². The number of rotatable bonds is 6. The standard InChI is InChI=1S/C27H38N4O4S/c1-27(2,3)24(26(34)31-15-21(36-4)23-22(31)20(32)16-35-23)28-25(33)17-5-7-18(8-6-17)29-11-13-30(14-12-29)19-9-10-19/h5-8,19,21-24H,9-16H2,1-4H3,(H,28,33)/t21-,22+,23+,24+/m0/s1. The van der Waals surface area contributed by atoms with Crippen LogP contribution in [0.5, 0.6) is 0 Å². The minimum absolute atomic E-state index is 0.0463. The Balaban J connectivity index is 1.25. The fraction of sp³-hybridized carbons (Fsp3) is 0.667. The summed E-state index contributed by atoms with van der Waals surface area (Å²) >= 11 is 1.61. The quantitative estimate of drug-likeness (QED) is 0.622. The maximum atomic E-state index is 13.7. The van der Waals surface area contributed by atoms with E-state index in [1.807, 2.05) is 51.3 Å². The summed E-state index contributed by atoms with van der Waals surface area (Å²) in [5, 5.41) is 3.05. The molecule has 1 aliphatic carbocycles. The first-order valence-corrected chi connectivity index (χ1v) is 14.3. The third-order valence-corrected chi connectivity index (χ3v) is 9.01. The number of carbonyl (C=O) groups is 3. The van der Waals surface area contributed by atoms with E-state index in [0.29, 0.717) is 12.1 Å². The lowest BCUT2D eigenvalue weighted by molar-refractivity contribution is -0.140. The van der Waals surface area contributed by atoms with Crippen molar-refractivity contribution in [3.8, 4) is 0 Å². The number of fused-ring (bicyclic) bond motifs is 1. The summed E-state index contributed by atoms with van der Waals surface area (Å²) in [4.78, 5) is 46.1. The number of piperazine rings is 1. The Kier molecular flexibility index (Phi) is 7.09. The molecule has 1 aromatic carbocycles. The molecule has 9 heteroatoms. The minimum atomic E-state index is -0.755. The van der Waals surface area contributed by atoms with E-state index in [0.717, 1.165) is 37.9 Å². The molecule has 0 unspecified atom stereocenters. The summed E-state index contributed by atoms with van der Waals surface area (Å²) < 4.78 is 5.71. The van der Waals surface area contributed by atoms with Crippen LogP contribution in [0.2, 0.25) is 0 Å². The van der Waals surface area contributed by atoms with E-state index in [9.17, 15) is 14.4 Å². The number of amides is 2. The zero-order valence-electron chi connectivity index (χ0n) is 21.7. The van der Waals surface area contributed by atoms with E-state index in [2.05, 4.69) is 15.1 Å². The highest BCUT2D eigenvalue weighted by Crippen LogP contribution is 2.35. The molecule has 4 fully saturated rings. The van der Waals surface area contributed by atoms with E-state index in [1.165, 1.54) is 12.8 Å². The van der Waals surface area contributed by atoms with Gasteiger partial charge in [0.1, 0.15) is 18.7 Å². The highest BCUT2D eigenvalue weighted by Gasteiger charge is 2.53. The molecular weight excluding hydrogens is 476 g/mol. The van der Waals surface area contributed by atoms with Crippen molar-refractivity contribution in [1.29, 1.82) is 0 Å². The number of anilines is 1. The molecule has 3 saturated heterocycles. The third-order valence-electron chi connectivity index (χ3n) is 7.98. The van der Waals surface area contributed by atoms with Gasteiger partial charge in [0.25, 0.3) is 5.91 Å². The van der Waals surface area contributed by atoms with E-state index in [1.54, 1.807) is 16.7 Å². The van der Waals surface area contributed by atoms with Crippen LogP contribution in [0.15, 0.2) is 24.3 Å². The van der Waals surface area contributed by atoms with E-state index >= 15 is 0 Å². The predicted octanol–water partition coefficient (Wildman–Crippen LogP) is 2.03. The Morgan fingerprint density at radius 3 is 2.33 bits per heavy atom. The molecular formula is C27H38N4O4S. The van der Waals surface area contributed by atoms with Gasteiger partial charge in [0.15, 0.2) is 5.78 Å². The third kappa shape index (κ3) is 5.02. The Hall–Kier alpha value is -2.10. The molecule has 36 heavy (non-hydrogen) atoms. The zero-order valence-corrected chi connectivity index (χ0v) is 22.6. The van der Waals surface area contributed by atoms with Gasteiger partial charge < -0.3 is 19.9 Å². The number of nitrogens with zero attached hydrogens (tertiary/aromatic N) is 3. The summed E-state index contributed by atoms with van der Waals surface area (Å²) in [6.07, 6.45) is 4.37. The number of nitrogens with one attached hydrogen (secondary N) is 1. The van der Waals surface area contributed by atoms with Gasteiger partial charge in [-0.1, -0.05) is 20.8 Å². The van der Waals surface area contributed by atoms with Gasteiger partial charge in [-0.15, -0.1) is 0 Å². The average Bonchev–Trinajstić information content (AvgIpc) is 3.55. The van der Waals surface area contributed by atoms with Crippen molar-refractivity contribution in [3.05, 3.63) is 29.8 Å². The summed E-state index contributed by atoms with van der Waals surface area (Å²) in [7, 11) is 0. The highest BCUT2D eigenvalue weighted by molar-refractivity contribution is 7.99. The summed E-state index contributed by atoms with van der Waals surface area (Å²) in [6, 6.07) is 7.16. The van der Waals surface area contributed by atoms with Gasteiger partial charge in [-0.2, -0.15) is 11.8 Å². The number of Topliss-reactive ketones (excluding diaryl/α,β-unsaturated/α-hetero) is 1. The molecule has 0 radical (unpaired) electrons. The Morgan fingerprint density at radius 2 is 1.75 bits per heavy atom. The lowest BCUT2D eigenvalue weighted by Gasteiger charge is -2.36. The molecule has 0 bridgehead atoms. The molecule has 0 spiro atoms. The molecule has 4 atom stereocenters. The van der Waals surface area contributed by atoms with Crippen LogP contribution in [0.3, 0.4) is 0 Å². The van der Waals surface area contributed by atoms with Crippen LogP contribution in [0.25, 0.3) is 0 Å². The summed E-state index contributed by atoms with van der Waals surface area (Å²) in [6.45, 7) is 10.5. The minimum Gasteiger partial charge on any atom is -0.369 e. The van der Waals surface area contributed by atoms with Crippen LogP contribution < -0.4 is 10.2 Å². The lowest BCUT2D eigenvalue weighted by Crippen LogP contribution is -2.57. The van der Waals surface area contributed by atoms with Gasteiger partial charge >= 0.3 is 0 Å². The number of benzene rings is 1. The molecule has 0 aromatic heterocycles. The van der Waals surface area contributed by atoms with Crippen LogP contribution in [0.4, 0.5) is 5.69 Å². The maximum Gasteiger partial charge on any atom is 0.251 e. The number of hydrogen-bond donors (Lipinski definition) is 1. The molecule has 4 aliphatic rings. The molecule has 8 nitrogen and oxygen atoms in total. The smallest absolute Gasteiger partial charge is 0.251 e. The summed E-state index contributed by atoms with van der Waals surface area (Å²) in [5.74, 6) is -0.552. The second kappa shape index (κ2) is 9.99. The summed E-state index contributed by atoms with van der Waals surface area (Å²) in [5.41, 5.74) is 1.12. The van der Waals surface area contributed by atoms with Gasteiger partial charge in [0.2, 0.25) is 5.91 Å². The number of carbonyl (C=O) groups excluding carboxylic acids is 3. The van der Waals surface area contributed by atoms with Crippen molar-refractivity contribution >= 4 is 35.0 Å². The second-order valence-electron chi connectivity index (χ2n) is 11.5. The van der Waals surface area contributed by atoms with Crippen LogP contribution in [-0.2, 0) is 14.3 Å². The Labute approximate surface area is 218 Å². The van der Waals surface area contributed by atoms with Gasteiger partial charge in [0.05, 0.1) is 11.4 Å². The molecule has 1 saturated carbocycles. The van der Waals surface area contributed by atoms with Crippen molar-refractivity contribution in [1.82, 2.24) is 15.1 Å². The van der Waals surface area contributed by atoms with Crippen molar-refractivity contribution < 1.29 is 19.1 Å². The van der Waals surface area contributed by atoms with Crippen molar-refractivity contribution in [2.75, 3.05) is 50.5 Å². The Bertz CT molecular complexity index is 998. The first-order chi connectivity index (χ1) is 17.2. The molecule has 1 N–H and O–H groups in total. The lowest BCUT2D eigenvalue weighted by atomic mass is 9.85. The SMILES string of the molecule is CS[C@H]1CN(C(=O)[C@@H](NC(=O)c2ccc(N3CCN(C4CC4)CC3)cc2)C(C)(C)C)[C@@H]2C(=O)CO[C@H]12. The number of ether oxygens (including phenoxy) is 1. The Morgan fingerprint density at radius 1 is 1.08 bits per heavy atom. The van der Waals surface area contributed by atoms with Crippen LogP contribution in [0.1, 0.15) is 44.0 Å². The van der Waals surface area contributed by atoms with Crippen molar-refractivity contribution in [3.63, 3.8) is 0 Å². The van der Waals surface area contributed by atoms with Crippen molar-refractivity contribution in [2.24, 2.45) is 5.41 Å². The van der Waals surface area contributed by atoms with Gasteiger partial charge in [-0.3, -0.25) is 19.3 Å². The topological polar surface area (TPSA) is 82.2 Å². The van der Waals surface area contributed by atoms with Crippen LogP contribution >= 0.6 is 11.8 Å². The van der Waals surface area contributed by atoms with E-state index in [-0.39, 0.29) is 35.6 Å². The zero-order chi connectivity index (χ0) is 25.6. The molecule has 1 aromatic rings. The molecule has 2 amide bonds. The monoisotopic (exact) mass is 514 g/mol. The predicted molar refractivity (Wildman–Crippen MR) is 142 cm³/mol. The molecule has 196 valence electrons. The average molecular weight is 515 g/mol. The van der Waals surface area contributed by atoms with E-state index in [4.69, 9.17) is 4.74 Å². The largest absolute Gasteiger partial charge is 0.369 e. The molecule has 5 rings (SSSR count). The highest BCUT2D eigenvalue weighted by atomic mass is 32.2. The first kappa shape index (κ1) is 25.5. The number of likely N-dealkylation sites (tertiary alicyclic amines) is 1. The normalized spacial score (nSPS) is 27.8. The van der Waals surface area contributed by atoms with Crippen LogP contribution in [-0.4, -0.2) is 102 Å².